The molecule has 9 heteroatoms. The van der Waals surface area contributed by atoms with Gasteiger partial charge >= 0.3 is 11.9 Å². The zero-order valence-corrected chi connectivity index (χ0v) is 15.9. The molecule has 0 radical (unpaired) electrons. The van der Waals surface area contributed by atoms with Gasteiger partial charge in [0.25, 0.3) is 0 Å². The molecule has 0 aromatic carbocycles. The molecular weight excluding hydrogens is 368 g/mol. The molecule has 2 aliphatic heterocycles. The Hall–Kier alpha value is -0.480. The van der Waals surface area contributed by atoms with Crippen LogP contribution in [0.15, 0.2) is 0 Å². The molecular formula is C16H26O7S2. The third kappa shape index (κ3) is 12.5. The molecule has 0 spiro atoms. The summed E-state index contributed by atoms with van der Waals surface area (Å²) in [6.07, 6.45) is 1.11. The van der Waals surface area contributed by atoms with E-state index in [1.807, 2.05) is 0 Å². The van der Waals surface area contributed by atoms with Crippen molar-refractivity contribution in [2.75, 3.05) is 62.7 Å². The third-order valence-electron chi connectivity index (χ3n) is 3.31. The number of hydrogen-bond acceptors (Lipinski definition) is 9. The number of rotatable bonds is 16. The first-order chi connectivity index (χ1) is 12.2. The van der Waals surface area contributed by atoms with Gasteiger partial charge in [0.15, 0.2) is 0 Å². The van der Waals surface area contributed by atoms with Crippen molar-refractivity contribution in [2.24, 2.45) is 0 Å². The quantitative estimate of drug-likeness (QED) is 0.217. The van der Waals surface area contributed by atoms with Gasteiger partial charge in [0.1, 0.15) is 25.4 Å². The molecule has 2 unspecified atom stereocenters. The van der Waals surface area contributed by atoms with Crippen molar-refractivity contribution in [1.29, 1.82) is 0 Å². The summed E-state index contributed by atoms with van der Waals surface area (Å²) in [7, 11) is 0. The van der Waals surface area contributed by atoms with Gasteiger partial charge in [0.05, 0.1) is 39.3 Å². The van der Waals surface area contributed by atoms with Crippen molar-refractivity contribution in [3.05, 3.63) is 0 Å². The van der Waals surface area contributed by atoms with E-state index >= 15 is 0 Å². The summed E-state index contributed by atoms with van der Waals surface area (Å²) in [5.41, 5.74) is 0. The van der Waals surface area contributed by atoms with Crippen LogP contribution in [-0.4, -0.2) is 86.8 Å². The monoisotopic (exact) mass is 394 g/mol. The van der Waals surface area contributed by atoms with Crippen molar-refractivity contribution in [2.45, 2.75) is 25.0 Å². The van der Waals surface area contributed by atoms with Crippen molar-refractivity contribution < 1.29 is 33.3 Å². The minimum absolute atomic E-state index is 0.130. The molecule has 2 fully saturated rings. The second kappa shape index (κ2) is 12.8. The van der Waals surface area contributed by atoms with Crippen molar-refractivity contribution >= 4 is 35.5 Å². The van der Waals surface area contributed by atoms with Crippen LogP contribution < -0.4 is 0 Å². The maximum Gasteiger partial charge on any atom is 0.306 e. The first-order valence-corrected chi connectivity index (χ1v) is 10.8. The summed E-state index contributed by atoms with van der Waals surface area (Å²) in [4.78, 5) is 22.7. The Morgan fingerprint density at radius 2 is 1.24 bits per heavy atom. The number of esters is 2. The molecule has 0 saturated carbocycles. The molecule has 7 nitrogen and oxygen atoms in total. The van der Waals surface area contributed by atoms with Crippen LogP contribution in [0.5, 0.6) is 0 Å². The molecule has 25 heavy (non-hydrogen) atoms. The molecule has 2 heterocycles. The third-order valence-corrected chi connectivity index (χ3v) is 5.21. The Bertz CT molecular complexity index is 364. The van der Waals surface area contributed by atoms with E-state index in [0.29, 0.717) is 52.5 Å². The standard InChI is InChI=1S/C16H26O7S2/c17-15(22-11-13-9-20-13)1-5-24-7-3-19-4-8-25-6-2-16(18)23-12-14-10-21-14/h13-14H,1-12H2. The highest BCUT2D eigenvalue weighted by Crippen LogP contribution is 2.11. The molecule has 2 aliphatic rings. The van der Waals surface area contributed by atoms with Gasteiger partial charge in [-0.25, -0.2) is 0 Å². The summed E-state index contributed by atoms with van der Waals surface area (Å²) in [6, 6.07) is 0. The highest BCUT2D eigenvalue weighted by atomic mass is 32.2. The van der Waals surface area contributed by atoms with Crippen LogP contribution in [-0.2, 0) is 33.3 Å². The van der Waals surface area contributed by atoms with Crippen molar-refractivity contribution in [3.8, 4) is 0 Å². The molecule has 2 saturated heterocycles. The lowest BCUT2D eigenvalue weighted by Crippen LogP contribution is -2.11. The minimum atomic E-state index is -0.163. The fourth-order valence-electron chi connectivity index (χ4n) is 1.70. The van der Waals surface area contributed by atoms with Gasteiger partial charge in [0, 0.05) is 23.0 Å². The van der Waals surface area contributed by atoms with Crippen LogP contribution in [0.2, 0.25) is 0 Å². The first-order valence-electron chi connectivity index (χ1n) is 8.51. The number of thioether (sulfide) groups is 2. The summed E-state index contributed by atoms with van der Waals surface area (Å²) in [5, 5.41) is 0. The van der Waals surface area contributed by atoms with Crippen molar-refractivity contribution in [1.82, 2.24) is 0 Å². The van der Waals surface area contributed by atoms with Crippen LogP contribution >= 0.6 is 23.5 Å². The Kier molecular flexibility index (Phi) is 10.7. The smallest absolute Gasteiger partial charge is 0.306 e. The van der Waals surface area contributed by atoms with E-state index in [-0.39, 0.29) is 24.1 Å². The zero-order valence-electron chi connectivity index (χ0n) is 14.3. The molecule has 2 rings (SSSR count). The topological polar surface area (TPSA) is 86.9 Å². The van der Waals surface area contributed by atoms with E-state index in [4.69, 9.17) is 23.7 Å². The zero-order chi connectivity index (χ0) is 17.7. The van der Waals surface area contributed by atoms with Gasteiger partial charge in [-0.1, -0.05) is 0 Å². The number of ether oxygens (including phenoxy) is 5. The predicted molar refractivity (Wildman–Crippen MR) is 96.1 cm³/mol. The average molecular weight is 395 g/mol. The Morgan fingerprint density at radius 3 is 1.64 bits per heavy atom. The highest BCUT2D eigenvalue weighted by Gasteiger charge is 2.24. The number of carbonyl (C=O) groups is 2. The summed E-state index contributed by atoms with van der Waals surface area (Å²) < 4.78 is 25.5. The fourth-order valence-corrected chi connectivity index (χ4v) is 3.20. The molecule has 2 atom stereocenters. The largest absolute Gasteiger partial charge is 0.463 e. The maximum atomic E-state index is 11.4. The lowest BCUT2D eigenvalue weighted by Gasteiger charge is -2.05. The lowest BCUT2D eigenvalue weighted by molar-refractivity contribution is -0.144. The molecule has 144 valence electrons. The Morgan fingerprint density at radius 1 is 0.800 bits per heavy atom. The van der Waals surface area contributed by atoms with Gasteiger partial charge in [0.2, 0.25) is 0 Å². The van der Waals surface area contributed by atoms with E-state index in [2.05, 4.69) is 0 Å². The van der Waals surface area contributed by atoms with Crippen LogP contribution in [0.25, 0.3) is 0 Å². The van der Waals surface area contributed by atoms with Gasteiger partial charge in [-0.15, -0.1) is 0 Å². The number of epoxide rings is 2. The normalized spacial score (nSPS) is 21.0. The molecule has 0 aliphatic carbocycles. The van der Waals surface area contributed by atoms with Crippen molar-refractivity contribution in [3.63, 3.8) is 0 Å². The van der Waals surface area contributed by atoms with Gasteiger partial charge < -0.3 is 23.7 Å². The summed E-state index contributed by atoms with van der Waals surface area (Å²) in [5.74, 6) is 2.89. The minimum Gasteiger partial charge on any atom is -0.463 e. The summed E-state index contributed by atoms with van der Waals surface area (Å²) >= 11 is 3.36. The van der Waals surface area contributed by atoms with E-state index in [0.717, 1.165) is 23.0 Å². The predicted octanol–water partition coefficient (Wildman–Crippen LogP) is 1.13. The van der Waals surface area contributed by atoms with Gasteiger partial charge in [-0.2, -0.15) is 23.5 Å². The Labute approximate surface area is 156 Å². The molecule has 0 aromatic heterocycles. The van der Waals surface area contributed by atoms with Crippen LogP contribution in [0, 0.1) is 0 Å². The summed E-state index contributed by atoms with van der Waals surface area (Å²) in [6.45, 7) is 3.52. The van der Waals surface area contributed by atoms with Crippen LogP contribution in [0.3, 0.4) is 0 Å². The number of hydrogen-bond donors (Lipinski definition) is 0. The van der Waals surface area contributed by atoms with E-state index in [9.17, 15) is 9.59 Å². The number of carbonyl (C=O) groups excluding carboxylic acids is 2. The Balaban J connectivity index is 1.24. The van der Waals surface area contributed by atoms with Crippen LogP contribution in [0.4, 0.5) is 0 Å². The van der Waals surface area contributed by atoms with E-state index in [1.165, 1.54) is 0 Å². The second-order valence-corrected chi connectivity index (χ2v) is 8.06. The maximum absolute atomic E-state index is 11.4. The first kappa shape index (κ1) is 20.8. The van der Waals surface area contributed by atoms with Gasteiger partial charge in [-0.05, 0) is 0 Å². The molecule has 0 amide bonds. The molecule has 0 bridgehead atoms. The lowest BCUT2D eigenvalue weighted by atomic mass is 10.5. The fraction of sp³-hybridized carbons (Fsp3) is 0.875. The van der Waals surface area contributed by atoms with Crippen LogP contribution in [0.1, 0.15) is 12.8 Å². The SMILES string of the molecule is O=C(CCSCCOCCSCCC(=O)OCC1CO1)OCC1CO1. The second-order valence-electron chi connectivity index (χ2n) is 5.61. The highest BCUT2D eigenvalue weighted by molar-refractivity contribution is 7.99. The van der Waals surface area contributed by atoms with E-state index < -0.39 is 0 Å². The van der Waals surface area contributed by atoms with Gasteiger partial charge in [-0.3, -0.25) is 9.59 Å². The average Bonchev–Trinajstić information content (AvgIpc) is 3.50. The molecule has 0 aromatic rings. The molecule has 0 N–H and O–H groups in total. The van der Waals surface area contributed by atoms with E-state index in [1.54, 1.807) is 23.5 Å².